The topological polar surface area (TPSA) is 95.2 Å². The normalized spacial score (nSPS) is 17.6. The Morgan fingerprint density at radius 3 is 2.60 bits per heavy atom. The number of aliphatic hydroxyl groups is 1. The predicted octanol–water partition coefficient (Wildman–Crippen LogP) is 1.49. The van der Waals surface area contributed by atoms with Crippen LogP contribution in [-0.4, -0.2) is 45.3 Å². The average molecular weight is 280 g/mol. The molecule has 1 aromatic heterocycles. The maximum absolute atomic E-state index is 12.4. The van der Waals surface area contributed by atoms with Crippen molar-refractivity contribution in [2.45, 2.75) is 51.0 Å². The fourth-order valence-electron chi connectivity index (χ4n) is 2.85. The number of carbonyl (C=O) groups excluding carboxylic acids is 1. The molecule has 0 bridgehead atoms. The van der Waals surface area contributed by atoms with Crippen LogP contribution in [0.25, 0.3) is 0 Å². The van der Waals surface area contributed by atoms with Gasteiger partial charge in [0.25, 0.3) is 5.91 Å². The van der Waals surface area contributed by atoms with Gasteiger partial charge < -0.3 is 15.7 Å². The minimum absolute atomic E-state index is 0.188. The summed E-state index contributed by atoms with van der Waals surface area (Å²) in [5.41, 5.74) is 6.67. The molecule has 6 nitrogen and oxygen atoms in total. The van der Waals surface area contributed by atoms with Crippen molar-refractivity contribution in [3.63, 3.8) is 0 Å². The number of aromatic amines is 1. The molecule has 1 fully saturated rings. The van der Waals surface area contributed by atoms with Crippen LogP contribution in [0.3, 0.4) is 0 Å². The smallest absolute Gasteiger partial charge is 0.276 e. The molecule has 2 rings (SSSR count). The molecule has 1 aliphatic carbocycles. The monoisotopic (exact) mass is 280 g/mol. The van der Waals surface area contributed by atoms with Crippen LogP contribution in [0.4, 0.5) is 5.69 Å². The maximum atomic E-state index is 12.4. The van der Waals surface area contributed by atoms with E-state index in [0.717, 1.165) is 31.4 Å². The van der Waals surface area contributed by atoms with E-state index in [1.54, 1.807) is 7.05 Å². The molecule has 0 unspecified atom stereocenters. The van der Waals surface area contributed by atoms with Gasteiger partial charge in [0, 0.05) is 13.6 Å². The summed E-state index contributed by atoms with van der Waals surface area (Å²) in [5.74, 6) is -0.0562. The van der Waals surface area contributed by atoms with Crippen LogP contribution < -0.4 is 5.73 Å². The molecular weight excluding hydrogens is 256 g/mol. The van der Waals surface area contributed by atoms with E-state index >= 15 is 0 Å². The maximum Gasteiger partial charge on any atom is 0.276 e. The highest BCUT2D eigenvalue weighted by atomic mass is 16.3. The minimum atomic E-state index is -0.754. The third-order valence-electron chi connectivity index (χ3n) is 4.03. The lowest BCUT2D eigenvalue weighted by Gasteiger charge is -2.28. The van der Waals surface area contributed by atoms with Gasteiger partial charge in [-0.25, -0.2) is 0 Å². The Labute approximate surface area is 119 Å². The first-order chi connectivity index (χ1) is 9.34. The van der Waals surface area contributed by atoms with Gasteiger partial charge in [0.1, 0.15) is 0 Å². The lowest BCUT2D eigenvalue weighted by Crippen LogP contribution is -2.42. The van der Waals surface area contributed by atoms with Gasteiger partial charge in [-0.3, -0.25) is 9.89 Å². The average Bonchev–Trinajstić information content (AvgIpc) is 2.95. The molecule has 112 valence electrons. The van der Waals surface area contributed by atoms with Gasteiger partial charge in [-0.05, 0) is 18.8 Å². The molecule has 6 heteroatoms. The highest BCUT2D eigenvalue weighted by Crippen LogP contribution is 2.30. The highest BCUT2D eigenvalue weighted by molar-refractivity contribution is 5.97. The molecule has 0 aromatic carbocycles. The van der Waals surface area contributed by atoms with Crippen molar-refractivity contribution in [1.82, 2.24) is 15.1 Å². The molecule has 0 atom stereocenters. The number of hydrogen-bond acceptors (Lipinski definition) is 4. The Bertz CT molecular complexity index is 489. The Kier molecular flexibility index (Phi) is 4.04. The molecule has 0 spiro atoms. The Hall–Kier alpha value is -1.56. The van der Waals surface area contributed by atoms with Gasteiger partial charge in [0.2, 0.25) is 0 Å². The number of anilines is 1. The molecule has 1 aliphatic rings. The van der Waals surface area contributed by atoms with Crippen molar-refractivity contribution in [2.75, 3.05) is 19.3 Å². The number of nitrogen functional groups attached to an aromatic ring is 1. The third kappa shape index (κ3) is 2.80. The molecular formula is C14H24N4O2. The molecule has 1 heterocycles. The molecule has 4 N–H and O–H groups in total. The number of aromatic nitrogens is 2. The molecule has 1 amide bonds. The Morgan fingerprint density at radius 2 is 2.10 bits per heavy atom. The summed E-state index contributed by atoms with van der Waals surface area (Å²) in [7, 11) is 1.68. The van der Waals surface area contributed by atoms with Crippen molar-refractivity contribution < 1.29 is 9.90 Å². The predicted molar refractivity (Wildman–Crippen MR) is 77.5 cm³/mol. The number of nitrogens with one attached hydrogen (secondary N) is 1. The van der Waals surface area contributed by atoms with E-state index in [9.17, 15) is 9.90 Å². The van der Waals surface area contributed by atoms with E-state index in [1.165, 1.54) is 4.90 Å². The summed E-state index contributed by atoms with van der Waals surface area (Å²) in [6.07, 6.45) is 3.52. The van der Waals surface area contributed by atoms with E-state index in [1.807, 2.05) is 13.8 Å². The van der Waals surface area contributed by atoms with E-state index in [-0.39, 0.29) is 17.5 Å². The number of amides is 1. The fraction of sp³-hybridized carbons (Fsp3) is 0.714. The van der Waals surface area contributed by atoms with Crippen molar-refractivity contribution in [3.05, 3.63) is 11.4 Å². The summed E-state index contributed by atoms with van der Waals surface area (Å²) in [4.78, 5) is 13.9. The van der Waals surface area contributed by atoms with Crippen molar-refractivity contribution >= 4 is 11.6 Å². The number of carbonyl (C=O) groups is 1. The quantitative estimate of drug-likeness (QED) is 0.778. The second kappa shape index (κ2) is 5.44. The summed E-state index contributed by atoms with van der Waals surface area (Å²) >= 11 is 0. The number of nitrogens with two attached hydrogens (primary N) is 1. The summed E-state index contributed by atoms with van der Waals surface area (Å²) in [6, 6.07) is 0. The van der Waals surface area contributed by atoms with Crippen molar-refractivity contribution in [3.8, 4) is 0 Å². The van der Waals surface area contributed by atoms with Gasteiger partial charge in [0.05, 0.1) is 17.0 Å². The van der Waals surface area contributed by atoms with E-state index in [0.29, 0.717) is 12.2 Å². The van der Waals surface area contributed by atoms with Crippen molar-refractivity contribution in [1.29, 1.82) is 0 Å². The van der Waals surface area contributed by atoms with E-state index in [4.69, 9.17) is 5.73 Å². The van der Waals surface area contributed by atoms with Crippen LogP contribution in [-0.2, 0) is 0 Å². The van der Waals surface area contributed by atoms with E-state index in [2.05, 4.69) is 10.2 Å². The molecule has 0 aliphatic heterocycles. The summed E-state index contributed by atoms with van der Waals surface area (Å²) in [6.45, 7) is 4.31. The van der Waals surface area contributed by atoms with Gasteiger partial charge in [-0.2, -0.15) is 5.10 Å². The highest BCUT2D eigenvalue weighted by Gasteiger charge is 2.34. The Morgan fingerprint density at radius 1 is 1.50 bits per heavy atom. The zero-order valence-electron chi connectivity index (χ0n) is 12.4. The zero-order valence-corrected chi connectivity index (χ0v) is 12.4. The third-order valence-corrected chi connectivity index (χ3v) is 4.03. The molecule has 0 radical (unpaired) electrons. The van der Waals surface area contributed by atoms with Gasteiger partial charge in [-0.15, -0.1) is 0 Å². The van der Waals surface area contributed by atoms with Gasteiger partial charge in [0.15, 0.2) is 5.69 Å². The van der Waals surface area contributed by atoms with Crippen LogP contribution in [0.15, 0.2) is 0 Å². The van der Waals surface area contributed by atoms with Crippen LogP contribution in [0.1, 0.15) is 61.6 Å². The second-order valence-corrected chi connectivity index (χ2v) is 6.15. The number of H-pyrrole nitrogens is 1. The van der Waals surface area contributed by atoms with Crippen LogP contribution in [0, 0.1) is 0 Å². The van der Waals surface area contributed by atoms with Crippen LogP contribution >= 0.6 is 0 Å². The first kappa shape index (κ1) is 14.8. The number of nitrogens with zero attached hydrogens (tertiary/aromatic N) is 2. The zero-order chi connectivity index (χ0) is 14.9. The second-order valence-electron chi connectivity index (χ2n) is 6.15. The van der Waals surface area contributed by atoms with Gasteiger partial charge >= 0.3 is 0 Å². The van der Waals surface area contributed by atoms with Gasteiger partial charge in [-0.1, -0.05) is 26.7 Å². The van der Waals surface area contributed by atoms with Crippen LogP contribution in [0.5, 0.6) is 0 Å². The van der Waals surface area contributed by atoms with Crippen molar-refractivity contribution in [2.24, 2.45) is 0 Å². The summed E-state index contributed by atoms with van der Waals surface area (Å²) in [5, 5.41) is 17.2. The summed E-state index contributed by atoms with van der Waals surface area (Å²) < 4.78 is 0. The van der Waals surface area contributed by atoms with Crippen LogP contribution in [0.2, 0.25) is 0 Å². The molecule has 0 saturated heterocycles. The lowest BCUT2D eigenvalue weighted by molar-refractivity contribution is 0.0155. The number of likely N-dealkylation sites (N-methyl/N-ethyl adjacent to an activating group) is 1. The lowest BCUT2D eigenvalue weighted by atomic mass is 10.0. The number of hydrogen-bond donors (Lipinski definition) is 3. The van der Waals surface area contributed by atoms with E-state index < -0.39 is 5.60 Å². The number of rotatable bonds is 4. The standard InChI is InChI=1S/C14H24N4O2/c1-9(2)11-10(15)12(17-16-11)13(19)18(3)8-14(20)6-4-5-7-14/h9,20H,4-8,15H2,1-3H3,(H,16,17). The minimum Gasteiger partial charge on any atom is -0.395 e. The Balaban J connectivity index is 2.10. The first-order valence-electron chi connectivity index (χ1n) is 7.15. The molecule has 1 aromatic rings. The SMILES string of the molecule is CC(C)c1[nH]nc(C(=O)N(C)CC2(O)CCCC2)c1N. The fourth-order valence-corrected chi connectivity index (χ4v) is 2.85. The molecule has 20 heavy (non-hydrogen) atoms. The largest absolute Gasteiger partial charge is 0.395 e. The molecule has 1 saturated carbocycles. The first-order valence-corrected chi connectivity index (χ1v) is 7.15.